The average molecular weight is 203 g/mol. The number of hydrogen-bond acceptors (Lipinski definition) is 2. The maximum atomic E-state index is 11.8. The minimum absolute atomic E-state index is 0.283. The Morgan fingerprint density at radius 1 is 1.50 bits per heavy atom. The van der Waals surface area contributed by atoms with Crippen molar-refractivity contribution in [1.29, 1.82) is 0 Å². The number of nitrogens with zero attached hydrogens (tertiary/aromatic N) is 2. The molecule has 0 aromatic carbocycles. The van der Waals surface area contributed by atoms with Crippen LogP contribution < -0.4 is 5.32 Å². The van der Waals surface area contributed by atoms with E-state index in [4.69, 9.17) is 0 Å². The van der Waals surface area contributed by atoms with Gasteiger partial charge in [-0.2, -0.15) is 5.10 Å². The van der Waals surface area contributed by atoms with E-state index in [1.807, 2.05) is 26.1 Å². The third kappa shape index (κ3) is 3.41. The standard InChI is InChI=1S/C9H15F2N3/c1-7(2)14-4-3-8(13-14)5-12-6-9(10)11/h3-4,7,9,12H,5-6H2,1-2H3. The van der Waals surface area contributed by atoms with E-state index in [-0.39, 0.29) is 6.54 Å². The van der Waals surface area contributed by atoms with Gasteiger partial charge in [-0.05, 0) is 19.9 Å². The van der Waals surface area contributed by atoms with Gasteiger partial charge in [-0.25, -0.2) is 8.78 Å². The molecule has 1 heterocycles. The van der Waals surface area contributed by atoms with Crippen LogP contribution in [0.4, 0.5) is 8.78 Å². The Kier molecular flexibility index (Phi) is 4.00. The molecule has 1 N–H and O–H groups in total. The van der Waals surface area contributed by atoms with Crippen LogP contribution in [0.5, 0.6) is 0 Å². The van der Waals surface area contributed by atoms with Crippen LogP contribution in [0.25, 0.3) is 0 Å². The minimum Gasteiger partial charge on any atom is -0.306 e. The SMILES string of the molecule is CC(C)n1ccc(CNCC(F)F)n1. The van der Waals surface area contributed by atoms with E-state index in [0.717, 1.165) is 5.69 Å². The van der Waals surface area contributed by atoms with Gasteiger partial charge in [0.05, 0.1) is 12.2 Å². The highest BCUT2D eigenvalue weighted by Gasteiger charge is 2.04. The Morgan fingerprint density at radius 3 is 2.71 bits per heavy atom. The van der Waals surface area contributed by atoms with Gasteiger partial charge in [-0.3, -0.25) is 4.68 Å². The number of halogens is 2. The maximum absolute atomic E-state index is 11.8. The molecule has 0 amide bonds. The number of alkyl halides is 2. The number of nitrogens with one attached hydrogen (secondary N) is 1. The van der Waals surface area contributed by atoms with E-state index in [0.29, 0.717) is 12.6 Å². The van der Waals surface area contributed by atoms with E-state index in [9.17, 15) is 8.78 Å². The third-order valence-corrected chi connectivity index (χ3v) is 1.80. The first-order valence-electron chi connectivity index (χ1n) is 4.62. The van der Waals surface area contributed by atoms with E-state index in [1.165, 1.54) is 0 Å². The van der Waals surface area contributed by atoms with Crippen molar-refractivity contribution in [3.05, 3.63) is 18.0 Å². The molecule has 0 aliphatic heterocycles. The Labute approximate surface area is 82.1 Å². The Morgan fingerprint density at radius 2 is 2.21 bits per heavy atom. The highest BCUT2D eigenvalue weighted by molar-refractivity contribution is 4.98. The van der Waals surface area contributed by atoms with Gasteiger partial charge in [0.1, 0.15) is 0 Å². The lowest BCUT2D eigenvalue weighted by molar-refractivity contribution is 0.145. The molecule has 0 atom stereocenters. The fourth-order valence-corrected chi connectivity index (χ4v) is 1.07. The molecule has 0 unspecified atom stereocenters. The van der Waals surface area contributed by atoms with E-state index >= 15 is 0 Å². The summed E-state index contributed by atoms with van der Waals surface area (Å²) >= 11 is 0. The van der Waals surface area contributed by atoms with Gasteiger partial charge in [-0.15, -0.1) is 0 Å². The van der Waals surface area contributed by atoms with Crippen LogP contribution >= 0.6 is 0 Å². The molecule has 0 radical (unpaired) electrons. The predicted octanol–water partition coefficient (Wildman–Crippen LogP) is 1.82. The zero-order valence-corrected chi connectivity index (χ0v) is 8.37. The molecule has 3 nitrogen and oxygen atoms in total. The van der Waals surface area contributed by atoms with Gasteiger partial charge in [0.2, 0.25) is 0 Å². The molecule has 0 spiro atoms. The number of aromatic nitrogens is 2. The molecule has 1 rings (SSSR count). The van der Waals surface area contributed by atoms with Crippen molar-refractivity contribution in [2.75, 3.05) is 6.54 Å². The molecule has 14 heavy (non-hydrogen) atoms. The van der Waals surface area contributed by atoms with E-state index < -0.39 is 6.43 Å². The fourth-order valence-electron chi connectivity index (χ4n) is 1.07. The molecule has 0 saturated heterocycles. The Bertz CT molecular complexity index is 271. The lowest BCUT2D eigenvalue weighted by Gasteiger charge is -2.04. The second-order valence-corrected chi connectivity index (χ2v) is 3.40. The largest absolute Gasteiger partial charge is 0.306 e. The Hall–Kier alpha value is -0.970. The van der Waals surface area contributed by atoms with Crippen LogP contribution in [-0.2, 0) is 6.54 Å². The summed E-state index contributed by atoms with van der Waals surface area (Å²) in [5.41, 5.74) is 0.791. The van der Waals surface area contributed by atoms with Crippen molar-refractivity contribution < 1.29 is 8.78 Å². The summed E-state index contributed by atoms with van der Waals surface area (Å²) in [6.07, 6.45) is -0.452. The van der Waals surface area contributed by atoms with E-state index in [1.54, 1.807) is 4.68 Å². The van der Waals surface area contributed by atoms with Crippen molar-refractivity contribution in [3.63, 3.8) is 0 Å². The summed E-state index contributed by atoms with van der Waals surface area (Å²) in [5.74, 6) is 0. The van der Waals surface area contributed by atoms with Crippen molar-refractivity contribution in [3.8, 4) is 0 Å². The summed E-state index contributed by atoms with van der Waals surface area (Å²) < 4.78 is 25.4. The van der Waals surface area contributed by atoms with Crippen LogP contribution in [0.3, 0.4) is 0 Å². The average Bonchev–Trinajstić information content (AvgIpc) is 2.52. The van der Waals surface area contributed by atoms with Crippen molar-refractivity contribution in [1.82, 2.24) is 15.1 Å². The van der Waals surface area contributed by atoms with Crippen LogP contribution in [0.1, 0.15) is 25.6 Å². The molecular weight excluding hydrogens is 188 g/mol. The lowest BCUT2D eigenvalue weighted by Crippen LogP contribution is -2.21. The van der Waals surface area contributed by atoms with Gasteiger partial charge in [0.15, 0.2) is 0 Å². The maximum Gasteiger partial charge on any atom is 0.250 e. The van der Waals surface area contributed by atoms with E-state index in [2.05, 4.69) is 10.4 Å². The molecule has 0 aliphatic rings. The fraction of sp³-hybridized carbons (Fsp3) is 0.667. The van der Waals surface area contributed by atoms with Gasteiger partial charge < -0.3 is 5.32 Å². The molecular formula is C9H15F2N3. The Balaban J connectivity index is 2.36. The molecule has 0 aliphatic carbocycles. The van der Waals surface area contributed by atoms with Gasteiger partial charge in [-0.1, -0.05) is 0 Å². The molecule has 80 valence electrons. The third-order valence-electron chi connectivity index (χ3n) is 1.80. The van der Waals surface area contributed by atoms with Crippen molar-refractivity contribution >= 4 is 0 Å². The highest BCUT2D eigenvalue weighted by atomic mass is 19.3. The second-order valence-electron chi connectivity index (χ2n) is 3.40. The predicted molar refractivity (Wildman–Crippen MR) is 50.3 cm³/mol. The molecule has 0 fully saturated rings. The quantitative estimate of drug-likeness (QED) is 0.791. The molecule has 1 aromatic rings. The monoisotopic (exact) mass is 203 g/mol. The first kappa shape index (κ1) is 11.1. The van der Waals surface area contributed by atoms with Crippen LogP contribution in [0.2, 0.25) is 0 Å². The molecule has 5 heteroatoms. The minimum atomic E-state index is -2.30. The van der Waals surface area contributed by atoms with Crippen LogP contribution in [0.15, 0.2) is 12.3 Å². The zero-order valence-electron chi connectivity index (χ0n) is 8.37. The first-order chi connectivity index (χ1) is 6.59. The van der Waals surface area contributed by atoms with Crippen molar-refractivity contribution in [2.45, 2.75) is 32.9 Å². The molecule has 0 saturated carbocycles. The summed E-state index contributed by atoms with van der Waals surface area (Å²) in [4.78, 5) is 0. The highest BCUT2D eigenvalue weighted by Crippen LogP contribution is 2.03. The van der Waals surface area contributed by atoms with Gasteiger partial charge in [0.25, 0.3) is 6.43 Å². The normalized spacial score (nSPS) is 11.6. The zero-order chi connectivity index (χ0) is 10.6. The van der Waals surface area contributed by atoms with Gasteiger partial charge in [0, 0.05) is 18.8 Å². The lowest BCUT2D eigenvalue weighted by atomic mass is 10.4. The number of hydrogen-bond donors (Lipinski definition) is 1. The van der Waals surface area contributed by atoms with Crippen LogP contribution in [-0.4, -0.2) is 22.8 Å². The van der Waals surface area contributed by atoms with Crippen molar-refractivity contribution in [2.24, 2.45) is 0 Å². The molecule has 1 aromatic heterocycles. The molecule has 0 bridgehead atoms. The number of rotatable bonds is 5. The summed E-state index contributed by atoms with van der Waals surface area (Å²) in [7, 11) is 0. The summed E-state index contributed by atoms with van der Waals surface area (Å²) in [5, 5.41) is 6.84. The second kappa shape index (κ2) is 5.05. The summed E-state index contributed by atoms with van der Waals surface area (Å²) in [6, 6.07) is 2.14. The summed E-state index contributed by atoms with van der Waals surface area (Å²) in [6.45, 7) is 4.14. The topological polar surface area (TPSA) is 29.9 Å². The smallest absolute Gasteiger partial charge is 0.250 e. The van der Waals surface area contributed by atoms with Gasteiger partial charge >= 0.3 is 0 Å². The first-order valence-corrected chi connectivity index (χ1v) is 4.62. The van der Waals surface area contributed by atoms with Crippen LogP contribution in [0, 0.1) is 0 Å².